The molecule has 5 nitrogen and oxygen atoms in total. The third kappa shape index (κ3) is 19.0. The van der Waals surface area contributed by atoms with Gasteiger partial charge in [0, 0.05) is 12.8 Å². The monoisotopic (exact) mass is 382 g/mol. The standard InChI is InChI=1S/C22H38O5/c1-3-4-5-6-7-10-15-20(23)16-11-8-9-14-19-27-22(25)18-13-12-17-21(24)26-2/h8-9,11,16,20,23H,3-7,10,12-15,17-19H2,1-2H3/b9-8-,16-11+/t20-/m0/s1. The van der Waals surface area contributed by atoms with Gasteiger partial charge in [-0.15, -0.1) is 0 Å². The smallest absolute Gasteiger partial charge is 0.305 e. The average molecular weight is 383 g/mol. The van der Waals surface area contributed by atoms with Crippen molar-refractivity contribution < 1.29 is 24.2 Å². The maximum atomic E-state index is 11.5. The number of methoxy groups -OCH3 is 1. The van der Waals surface area contributed by atoms with E-state index in [4.69, 9.17) is 4.74 Å². The van der Waals surface area contributed by atoms with Crippen LogP contribution in [-0.2, 0) is 19.1 Å². The Morgan fingerprint density at radius 3 is 2.30 bits per heavy atom. The molecule has 0 aliphatic heterocycles. The molecular weight excluding hydrogens is 344 g/mol. The zero-order chi connectivity index (χ0) is 20.2. The molecule has 0 spiro atoms. The van der Waals surface area contributed by atoms with E-state index in [1.165, 1.54) is 39.2 Å². The Bertz CT molecular complexity index is 428. The van der Waals surface area contributed by atoms with Gasteiger partial charge >= 0.3 is 11.9 Å². The maximum Gasteiger partial charge on any atom is 0.305 e. The predicted octanol–water partition coefficient (Wildman–Crippen LogP) is 4.88. The predicted molar refractivity (Wildman–Crippen MR) is 108 cm³/mol. The second-order valence-corrected chi connectivity index (χ2v) is 6.73. The second kappa shape index (κ2) is 19.2. The van der Waals surface area contributed by atoms with Crippen LogP contribution in [0.15, 0.2) is 24.3 Å². The summed E-state index contributed by atoms with van der Waals surface area (Å²) in [5.41, 5.74) is 0. The van der Waals surface area contributed by atoms with Crippen LogP contribution >= 0.6 is 0 Å². The van der Waals surface area contributed by atoms with Gasteiger partial charge in [0.05, 0.1) is 19.8 Å². The number of hydrogen-bond donors (Lipinski definition) is 1. The minimum atomic E-state index is -0.386. The summed E-state index contributed by atoms with van der Waals surface area (Å²) in [7, 11) is 1.36. The Morgan fingerprint density at radius 2 is 1.59 bits per heavy atom. The molecule has 0 saturated heterocycles. The number of aliphatic hydroxyl groups excluding tert-OH is 1. The summed E-state index contributed by atoms with van der Waals surface area (Å²) in [5.74, 6) is -0.489. The van der Waals surface area contributed by atoms with Gasteiger partial charge in [0.15, 0.2) is 0 Å². The van der Waals surface area contributed by atoms with Crippen molar-refractivity contribution >= 4 is 11.9 Å². The molecule has 0 unspecified atom stereocenters. The highest BCUT2D eigenvalue weighted by atomic mass is 16.5. The van der Waals surface area contributed by atoms with E-state index in [-0.39, 0.29) is 18.0 Å². The van der Waals surface area contributed by atoms with Gasteiger partial charge in [-0.2, -0.15) is 0 Å². The van der Waals surface area contributed by atoms with Gasteiger partial charge in [0.25, 0.3) is 0 Å². The topological polar surface area (TPSA) is 72.8 Å². The van der Waals surface area contributed by atoms with E-state index in [2.05, 4.69) is 11.7 Å². The molecule has 0 radical (unpaired) electrons. The van der Waals surface area contributed by atoms with Crippen LogP contribution in [0.3, 0.4) is 0 Å². The van der Waals surface area contributed by atoms with Crippen molar-refractivity contribution in [2.75, 3.05) is 13.7 Å². The van der Waals surface area contributed by atoms with Gasteiger partial charge in [0.1, 0.15) is 0 Å². The first-order chi connectivity index (χ1) is 13.1. The third-order valence-electron chi connectivity index (χ3n) is 4.22. The molecule has 0 bridgehead atoms. The SMILES string of the molecule is CCCCCCCC[C@H](O)/C=C/C=C\CCOC(=O)CCCCC(=O)OC. The summed E-state index contributed by atoms with van der Waals surface area (Å²) in [4.78, 5) is 22.4. The number of carbonyl (C=O) groups excluding carboxylic acids is 2. The molecule has 27 heavy (non-hydrogen) atoms. The van der Waals surface area contributed by atoms with Crippen molar-refractivity contribution in [3.63, 3.8) is 0 Å². The van der Waals surface area contributed by atoms with Crippen molar-refractivity contribution in [1.82, 2.24) is 0 Å². The number of carbonyl (C=O) groups is 2. The molecule has 0 saturated carbocycles. The van der Waals surface area contributed by atoms with E-state index in [0.717, 1.165) is 12.8 Å². The number of esters is 2. The lowest BCUT2D eigenvalue weighted by Crippen LogP contribution is -2.06. The van der Waals surface area contributed by atoms with Crippen molar-refractivity contribution in [3.05, 3.63) is 24.3 Å². The van der Waals surface area contributed by atoms with Crippen LogP contribution in [0.4, 0.5) is 0 Å². The van der Waals surface area contributed by atoms with Crippen LogP contribution in [0, 0.1) is 0 Å². The first-order valence-electron chi connectivity index (χ1n) is 10.3. The highest BCUT2D eigenvalue weighted by Gasteiger charge is 2.04. The summed E-state index contributed by atoms with van der Waals surface area (Å²) in [6.07, 6.45) is 17.8. The van der Waals surface area contributed by atoms with E-state index >= 15 is 0 Å². The zero-order valence-corrected chi connectivity index (χ0v) is 17.2. The van der Waals surface area contributed by atoms with Crippen molar-refractivity contribution in [3.8, 4) is 0 Å². The Balaban J connectivity index is 3.55. The summed E-state index contributed by atoms with van der Waals surface area (Å²) in [5, 5.41) is 9.86. The van der Waals surface area contributed by atoms with Crippen LogP contribution in [0.2, 0.25) is 0 Å². The molecule has 5 heteroatoms. The van der Waals surface area contributed by atoms with Crippen LogP contribution in [0.1, 0.15) is 84.0 Å². The molecule has 0 rings (SSSR count). The fourth-order valence-corrected chi connectivity index (χ4v) is 2.55. The molecule has 0 fully saturated rings. The number of allylic oxidation sites excluding steroid dienone is 2. The van der Waals surface area contributed by atoms with Gasteiger partial charge in [-0.3, -0.25) is 9.59 Å². The third-order valence-corrected chi connectivity index (χ3v) is 4.22. The fourth-order valence-electron chi connectivity index (χ4n) is 2.55. The first-order valence-corrected chi connectivity index (χ1v) is 10.3. The fraction of sp³-hybridized carbons (Fsp3) is 0.727. The molecule has 0 aromatic rings. The highest BCUT2D eigenvalue weighted by Crippen LogP contribution is 2.09. The lowest BCUT2D eigenvalue weighted by Gasteiger charge is -2.04. The van der Waals surface area contributed by atoms with Crippen LogP contribution in [0.5, 0.6) is 0 Å². The Labute approximate surface area is 164 Å². The number of ether oxygens (including phenoxy) is 2. The zero-order valence-electron chi connectivity index (χ0n) is 17.2. The van der Waals surface area contributed by atoms with Crippen LogP contribution in [0.25, 0.3) is 0 Å². The Hall–Kier alpha value is -1.62. The van der Waals surface area contributed by atoms with Crippen molar-refractivity contribution in [2.45, 2.75) is 90.1 Å². The Kier molecular flexibility index (Phi) is 18.0. The van der Waals surface area contributed by atoms with Gasteiger partial charge in [-0.1, -0.05) is 69.8 Å². The highest BCUT2D eigenvalue weighted by molar-refractivity contribution is 5.70. The number of rotatable bonds is 17. The molecule has 0 amide bonds. The number of unbranched alkanes of at least 4 members (excludes halogenated alkanes) is 6. The first kappa shape index (κ1) is 25.4. The molecule has 0 aliphatic carbocycles. The average Bonchev–Trinajstić information content (AvgIpc) is 2.66. The second-order valence-electron chi connectivity index (χ2n) is 6.73. The summed E-state index contributed by atoms with van der Waals surface area (Å²) >= 11 is 0. The summed E-state index contributed by atoms with van der Waals surface area (Å²) in [6.45, 7) is 2.56. The summed E-state index contributed by atoms with van der Waals surface area (Å²) in [6, 6.07) is 0. The Morgan fingerprint density at radius 1 is 0.926 bits per heavy atom. The maximum absolute atomic E-state index is 11.5. The van der Waals surface area contributed by atoms with E-state index in [1.54, 1.807) is 6.08 Å². The van der Waals surface area contributed by atoms with Crippen LogP contribution < -0.4 is 0 Å². The lowest BCUT2D eigenvalue weighted by molar-refractivity contribution is -0.144. The van der Waals surface area contributed by atoms with Crippen molar-refractivity contribution in [2.24, 2.45) is 0 Å². The largest absolute Gasteiger partial charge is 0.469 e. The van der Waals surface area contributed by atoms with Gasteiger partial charge in [-0.05, 0) is 25.7 Å². The molecule has 0 aromatic carbocycles. The van der Waals surface area contributed by atoms with Gasteiger partial charge in [0.2, 0.25) is 0 Å². The van der Waals surface area contributed by atoms with Gasteiger partial charge < -0.3 is 14.6 Å². The normalized spacial score (nSPS) is 12.6. The van der Waals surface area contributed by atoms with E-state index < -0.39 is 0 Å². The molecule has 1 N–H and O–H groups in total. The van der Waals surface area contributed by atoms with E-state index in [0.29, 0.717) is 38.7 Å². The molecule has 1 atom stereocenters. The number of hydrogen-bond acceptors (Lipinski definition) is 5. The molecule has 156 valence electrons. The minimum absolute atomic E-state index is 0.238. The quantitative estimate of drug-likeness (QED) is 0.221. The molecular formula is C22H38O5. The van der Waals surface area contributed by atoms with Gasteiger partial charge in [-0.25, -0.2) is 0 Å². The van der Waals surface area contributed by atoms with E-state index in [9.17, 15) is 14.7 Å². The molecule has 0 aromatic heterocycles. The number of aliphatic hydroxyl groups is 1. The van der Waals surface area contributed by atoms with E-state index in [1.807, 2.05) is 18.2 Å². The molecule has 0 heterocycles. The minimum Gasteiger partial charge on any atom is -0.469 e. The molecule has 0 aliphatic rings. The van der Waals surface area contributed by atoms with Crippen LogP contribution in [-0.4, -0.2) is 36.9 Å². The summed E-state index contributed by atoms with van der Waals surface area (Å²) < 4.78 is 9.65. The lowest BCUT2D eigenvalue weighted by atomic mass is 10.1. The van der Waals surface area contributed by atoms with Crippen molar-refractivity contribution in [1.29, 1.82) is 0 Å².